The molecule has 0 amide bonds. The van der Waals surface area contributed by atoms with Crippen molar-refractivity contribution < 1.29 is 4.74 Å². The van der Waals surface area contributed by atoms with Gasteiger partial charge in [0.1, 0.15) is 11.9 Å². The predicted molar refractivity (Wildman–Crippen MR) is 71.8 cm³/mol. The number of fused-ring (bicyclic) bond motifs is 1. The van der Waals surface area contributed by atoms with Gasteiger partial charge in [-0.25, -0.2) is 0 Å². The van der Waals surface area contributed by atoms with Crippen LogP contribution in [0.3, 0.4) is 0 Å². The highest BCUT2D eigenvalue weighted by Gasteiger charge is 2.24. The molecule has 0 saturated carbocycles. The van der Waals surface area contributed by atoms with E-state index < -0.39 is 0 Å². The van der Waals surface area contributed by atoms with Gasteiger partial charge in [-0.05, 0) is 30.5 Å². The first-order valence-corrected chi connectivity index (χ1v) is 6.53. The van der Waals surface area contributed by atoms with E-state index in [4.69, 9.17) is 10.5 Å². The molecule has 0 aliphatic carbocycles. The molecule has 1 aliphatic heterocycles. The fraction of sp³-hybridized carbons (Fsp3) is 0.571. The van der Waals surface area contributed by atoms with E-state index in [0.717, 1.165) is 31.7 Å². The van der Waals surface area contributed by atoms with Crippen LogP contribution < -0.4 is 15.4 Å². The van der Waals surface area contributed by atoms with Crippen LogP contribution in [0.2, 0.25) is 0 Å². The van der Waals surface area contributed by atoms with Crippen molar-refractivity contribution in [3.05, 3.63) is 23.8 Å². The van der Waals surface area contributed by atoms with Gasteiger partial charge in [0.2, 0.25) is 0 Å². The van der Waals surface area contributed by atoms with Gasteiger partial charge in [-0.15, -0.1) is 0 Å². The smallest absolute Gasteiger partial charge is 0.143 e. The average Bonchev–Trinajstić information content (AvgIpc) is 2.38. The second-order valence-electron chi connectivity index (χ2n) is 4.54. The van der Waals surface area contributed by atoms with E-state index in [-0.39, 0.29) is 0 Å². The SMILES string of the molecule is CCc1ccc2c(c1)N(CCN)CC(CC)O2. The van der Waals surface area contributed by atoms with Crippen molar-refractivity contribution in [3.63, 3.8) is 0 Å². The maximum Gasteiger partial charge on any atom is 0.143 e. The molecule has 3 heteroatoms. The van der Waals surface area contributed by atoms with E-state index in [1.54, 1.807) is 0 Å². The van der Waals surface area contributed by atoms with Gasteiger partial charge in [0.15, 0.2) is 0 Å². The van der Waals surface area contributed by atoms with Gasteiger partial charge in [-0.3, -0.25) is 0 Å². The number of ether oxygens (including phenoxy) is 1. The minimum atomic E-state index is 0.293. The Labute approximate surface area is 104 Å². The Bertz CT molecular complexity index is 378. The summed E-state index contributed by atoms with van der Waals surface area (Å²) >= 11 is 0. The number of hydrogen-bond donors (Lipinski definition) is 1. The summed E-state index contributed by atoms with van der Waals surface area (Å²) in [6.07, 6.45) is 2.39. The van der Waals surface area contributed by atoms with Crippen molar-refractivity contribution in [1.82, 2.24) is 0 Å². The molecule has 1 aliphatic rings. The van der Waals surface area contributed by atoms with Crippen LogP contribution in [0.15, 0.2) is 18.2 Å². The summed E-state index contributed by atoms with van der Waals surface area (Å²) in [7, 11) is 0. The molecule has 2 N–H and O–H groups in total. The van der Waals surface area contributed by atoms with E-state index >= 15 is 0 Å². The van der Waals surface area contributed by atoms with Crippen LogP contribution in [-0.2, 0) is 6.42 Å². The summed E-state index contributed by atoms with van der Waals surface area (Å²) in [6, 6.07) is 6.48. The highest BCUT2D eigenvalue weighted by atomic mass is 16.5. The van der Waals surface area contributed by atoms with Gasteiger partial charge < -0.3 is 15.4 Å². The molecule has 1 aromatic rings. The molecule has 1 aromatic carbocycles. The number of nitrogens with two attached hydrogens (primary N) is 1. The van der Waals surface area contributed by atoms with E-state index in [9.17, 15) is 0 Å². The first-order valence-electron chi connectivity index (χ1n) is 6.53. The van der Waals surface area contributed by atoms with Crippen molar-refractivity contribution in [3.8, 4) is 5.75 Å². The summed E-state index contributed by atoms with van der Waals surface area (Å²) in [5, 5.41) is 0. The summed E-state index contributed by atoms with van der Waals surface area (Å²) in [4.78, 5) is 2.35. The van der Waals surface area contributed by atoms with Crippen molar-refractivity contribution in [1.29, 1.82) is 0 Å². The molecular weight excluding hydrogens is 212 g/mol. The zero-order valence-corrected chi connectivity index (χ0v) is 10.8. The lowest BCUT2D eigenvalue weighted by molar-refractivity contribution is 0.189. The normalized spacial score (nSPS) is 18.8. The number of benzene rings is 1. The van der Waals surface area contributed by atoms with Crippen LogP contribution in [0.4, 0.5) is 5.69 Å². The number of aryl methyl sites for hydroxylation is 1. The summed E-state index contributed by atoms with van der Waals surface area (Å²) < 4.78 is 5.97. The van der Waals surface area contributed by atoms with Gasteiger partial charge in [0.05, 0.1) is 12.2 Å². The topological polar surface area (TPSA) is 38.5 Å². The Hall–Kier alpha value is -1.22. The van der Waals surface area contributed by atoms with Gasteiger partial charge in [0, 0.05) is 13.1 Å². The molecular formula is C14H22N2O. The number of hydrogen-bond acceptors (Lipinski definition) is 3. The Morgan fingerprint density at radius 1 is 1.41 bits per heavy atom. The van der Waals surface area contributed by atoms with Crippen molar-refractivity contribution in [2.45, 2.75) is 32.8 Å². The molecule has 1 unspecified atom stereocenters. The third-order valence-corrected chi connectivity index (χ3v) is 3.34. The summed E-state index contributed by atoms with van der Waals surface area (Å²) in [5.41, 5.74) is 8.25. The van der Waals surface area contributed by atoms with Crippen molar-refractivity contribution in [2.24, 2.45) is 5.73 Å². The molecule has 2 rings (SSSR count). The minimum Gasteiger partial charge on any atom is -0.486 e. The molecule has 1 atom stereocenters. The van der Waals surface area contributed by atoms with Crippen LogP contribution in [0.1, 0.15) is 25.8 Å². The van der Waals surface area contributed by atoms with E-state index in [0.29, 0.717) is 12.6 Å². The highest BCUT2D eigenvalue weighted by molar-refractivity contribution is 5.61. The lowest BCUT2D eigenvalue weighted by Crippen LogP contribution is -2.42. The highest BCUT2D eigenvalue weighted by Crippen LogP contribution is 2.34. The largest absolute Gasteiger partial charge is 0.486 e. The molecule has 0 spiro atoms. The monoisotopic (exact) mass is 234 g/mol. The fourth-order valence-corrected chi connectivity index (χ4v) is 2.27. The second kappa shape index (κ2) is 5.41. The van der Waals surface area contributed by atoms with Gasteiger partial charge >= 0.3 is 0 Å². The quantitative estimate of drug-likeness (QED) is 0.868. The Balaban J connectivity index is 2.31. The lowest BCUT2D eigenvalue weighted by atomic mass is 10.1. The Kier molecular flexibility index (Phi) is 3.89. The molecule has 0 radical (unpaired) electrons. The van der Waals surface area contributed by atoms with Crippen LogP contribution in [0.25, 0.3) is 0 Å². The van der Waals surface area contributed by atoms with Crippen molar-refractivity contribution >= 4 is 5.69 Å². The van der Waals surface area contributed by atoms with Crippen molar-refractivity contribution in [2.75, 3.05) is 24.5 Å². The summed E-state index contributed by atoms with van der Waals surface area (Å²) in [6.45, 7) is 6.88. The number of rotatable bonds is 4. The molecule has 17 heavy (non-hydrogen) atoms. The zero-order valence-electron chi connectivity index (χ0n) is 10.8. The Morgan fingerprint density at radius 2 is 2.24 bits per heavy atom. The molecule has 0 fully saturated rings. The van der Waals surface area contributed by atoms with Crippen LogP contribution in [-0.4, -0.2) is 25.7 Å². The average molecular weight is 234 g/mol. The third kappa shape index (κ3) is 2.55. The van der Waals surface area contributed by atoms with Gasteiger partial charge in [-0.1, -0.05) is 19.9 Å². The zero-order chi connectivity index (χ0) is 12.3. The molecule has 0 saturated heterocycles. The standard InChI is InChI=1S/C14H22N2O/c1-3-11-5-6-14-13(9-11)16(8-7-15)10-12(4-2)17-14/h5-6,9,12H,3-4,7-8,10,15H2,1-2H3. The third-order valence-electron chi connectivity index (χ3n) is 3.34. The lowest BCUT2D eigenvalue weighted by Gasteiger charge is -2.36. The molecule has 0 bridgehead atoms. The maximum absolute atomic E-state index is 5.97. The molecule has 3 nitrogen and oxygen atoms in total. The first-order chi connectivity index (χ1) is 8.28. The first kappa shape index (κ1) is 12.2. The van der Waals surface area contributed by atoms with E-state index in [2.05, 4.69) is 36.9 Å². The van der Waals surface area contributed by atoms with Crippen LogP contribution in [0.5, 0.6) is 5.75 Å². The molecule has 0 aromatic heterocycles. The molecule has 94 valence electrons. The van der Waals surface area contributed by atoms with E-state index in [1.807, 2.05) is 0 Å². The minimum absolute atomic E-state index is 0.293. The number of nitrogens with zero attached hydrogens (tertiary/aromatic N) is 1. The Morgan fingerprint density at radius 3 is 2.88 bits per heavy atom. The summed E-state index contributed by atoms with van der Waals surface area (Å²) in [5.74, 6) is 1.01. The predicted octanol–water partition coefficient (Wildman–Crippen LogP) is 2.19. The van der Waals surface area contributed by atoms with Crippen LogP contribution >= 0.6 is 0 Å². The molecule has 1 heterocycles. The van der Waals surface area contributed by atoms with Crippen LogP contribution in [0, 0.1) is 0 Å². The van der Waals surface area contributed by atoms with Gasteiger partial charge in [0.25, 0.3) is 0 Å². The van der Waals surface area contributed by atoms with Gasteiger partial charge in [-0.2, -0.15) is 0 Å². The maximum atomic E-state index is 5.97. The van der Waals surface area contributed by atoms with E-state index in [1.165, 1.54) is 11.3 Å². The second-order valence-corrected chi connectivity index (χ2v) is 4.54. The number of anilines is 1. The fourth-order valence-electron chi connectivity index (χ4n) is 2.27.